The molecule has 1 N–H and O–H groups in total. The van der Waals surface area contributed by atoms with Gasteiger partial charge in [-0.15, -0.1) is 0 Å². The topological polar surface area (TPSA) is 38.3 Å². The lowest BCUT2D eigenvalue weighted by Crippen LogP contribution is -2.48. The van der Waals surface area contributed by atoms with Crippen LogP contribution < -0.4 is 10.1 Å². The van der Waals surface area contributed by atoms with E-state index in [2.05, 4.69) is 26.0 Å². The van der Waals surface area contributed by atoms with Crippen LogP contribution in [-0.4, -0.2) is 18.4 Å². The van der Waals surface area contributed by atoms with Gasteiger partial charge in [0.1, 0.15) is 17.4 Å². The van der Waals surface area contributed by atoms with Crippen LogP contribution in [0.5, 0.6) is 5.75 Å². The van der Waals surface area contributed by atoms with Gasteiger partial charge in [0.25, 0.3) is 5.91 Å². The predicted octanol–water partition coefficient (Wildman–Crippen LogP) is 8.90. The minimum absolute atomic E-state index is 0.197. The molecule has 0 heterocycles. The molecule has 1 amide bonds. The maximum Gasteiger partial charge on any atom is 0.461 e. The van der Waals surface area contributed by atoms with Crippen LogP contribution in [0.15, 0.2) is 95.5 Å². The van der Waals surface area contributed by atoms with Gasteiger partial charge >= 0.3 is 18.7 Å². The zero-order valence-corrected chi connectivity index (χ0v) is 23.1. The Labute approximate surface area is 247 Å². The molecule has 0 unspecified atom stereocenters. The summed E-state index contributed by atoms with van der Waals surface area (Å²) in [6.07, 6.45) is -14.6. The zero-order valence-electron chi connectivity index (χ0n) is 21.5. The molecule has 226 valence electrons. The molecular weight excluding hydrogens is 657 g/mol. The second-order valence-corrected chi connectivity index (χ2v) is 10.3. The van der Waals surface area contributed by atoms with Crippen molar-refractivity contribution in [3.05, 3.63) is 135 Å². The Bertz CT molecular complexity index is 1600. The van der Waals surface area contributed by atoms with Crippen LogP contribution in [0.4, 0.5) is 39.5 Å². The minimum atomic E-state index is -5.14. The molecule has 0 aliphatic heterocycles. The van der Waals surface area contributed by atoms with Gasteiger partial charge < -0.3 is 10.1 Å². The SMILES string of the molecule is O=C(N[C@](Cc1ccccc1)(c1ccc(Br)cc1)c1cc(F)cc(OC(F)(F)C(F)F)c1)c1ccc(F)c(C(F)(F)F)c1. The van der Waals surface area contributed by atoms with Crippen molar-refractivity contribution in [2.24, 2.45) is 0 Å². The fraction of sp³-hybridized carbons (Fsp3) is 0.167. The molecule has 0 aliphatic rings. The Balaban J connectivity index is 1.95. The largest absolute Gasteiger partial charge is 0.461 e. The Kier molecular flexibility index (Phi) is 9.14. The number of carbonyl (C=O) groups is 1. The third-order valence-electron chi connectivity index (χ3n) is 6.38. The lowest BCUT2D eigenvalue weighted by Gasteiger charge is -2.37. The summed E-state index contributed by atoms with van der Waals surface area (Å²) in [4.78, 5) is 13.6. The molecule has 3 nitrogen and oxygen atoms in total. The van der Waals surface area contributed by atoms with E-state index in [-0.39, 0.29) is 17.5 Å². The van der Waals surface area contributed by atoms with Crippen molar-refractivity contribution < 1.29 is 49.0 Å². The number of halogens is 10. The summed E-state index contributed by atoms with van der Waals surface area (Å²) in [5.74, 6) is -5.01. The van der Waals surface area contributed by atoms with Crippen molar-refractivity contribution in [3.63, 3.8) is 0 Å². The van der Waals surface area contributed by atoms with Crippen LogP contribution in [0.25, 0.3) is 0 Å². The Morgan fingerprint density at radius 1 is 0.814 bits per heavy atom. The normalized spacial score (nSPS) is 13.5. The lowest BCUT2D eigenvalue weighted by atomic mass is 9.77. The number of amides is 1. The first-order chi connectivity index (χ1) is 20.1. The van der Waals surface area contributed by atoms with E-state index in [0.717, 1.165) is 18.2 Å². The predicted molar refractivity (Wildman–Crippen MR) is 142 cm³/mol. The van der Waals surface area contributed by atoms with Crippen LogP contribution in [0.3, 0.4) is 0 Å². The van der Waals surface area contributed by atoms with Crippen molar-refractivity contribution in [2.75, 3.05) is 0 Å². The van der Waals surface area contributed by atoms with E-state index < -0.39 is 58.7 Å². The number of hydrogen-bond donors (Lipinski definition) is 1. The molecule has 0 saturated heterocycles. The number of benzene rings is 4. The second-order valence-electron chi connectivity index (χ2n) is 9.36. The standard InChI is InChI=1S/C30H19BrF9NO2/c31-21-9-7-19(8-10-21)28(16-17-4-2-1-3-5-17,20-13-22(32)15-23(14-20)43-30(39,40)27(34)35)41-26(42)18-6-11-25(33)24(12-18)29(36,37)38/h1-15,27H,16H2,(H,41,42)/t28-/m1/s1. The van der Waals surface area contributed by atoms with Crippen molar-refractivity contribution in [2.45, 2.75) is 30.7 Å². The summed E-state index contributed by atoms with van der Waals surface area (Å²) in [6, 6.07) is 17.8. The van der Waals surface area contributed by atoms with Crippen LogP contribution in [0.2, 0.25) is 0 Å². The molecule has 4 aromatic rings. The molecule has 43 heavy (non-hydrogen) atoms. The second kappa shape index (κ2) is 12.3. The molecule has 13 heteroatoms. The monoisotopic (exact) mass is 675 g/mol. The Hall–Kier alpha value is -4.00. The Morgan fingerprint density at radius 2 is 1.47 bits per heavy atom. The van der Waals surface area contributed by atoms with Gasteiger partial charge in [0, 0.05) is 22.5 Å². The van der Waals surface area contributed by atoms with Gasteiger partial charge in [-0.1, -0.05) is 58.4 Å². The maximum absolute atomic E-state index is 14.9. The van der Waals surface area contributed by atoms with Crippen LogP contribution in [-0.2, 0) is 18.1 Å². The fourth-order valence-corrected chi connectivity index (χ4v) is 4.68. The number of rotatable bonds is 9. The average Bonchev–Trinajstić information content (AvgIpc) is 2.92. The molecule has 0 radical (unpaired) electrons. The number of carbonyl (C=O) groups excluding carboxylic acids is 1. The quantitative estimate of drug-likeness (QED) is 0.180. The lowest BCUT2D eigenvalue weighted by molar-refractivity contribution is -0.253. The van der Waals surface area contributed by atoms with E-state index in [0.29, 0.717) is 28.2 Å². The van der Waals surface area contributed by atoms with Crippen molar-refractivity contribution in [1.29, 1.82) is 0 Å². The number of hydrogen-bond acceptors (Lipinski definition) is 2. The highest BCUT2D eigenvalue weighted by molar-refractivity contribution is 9.10. The van der Waals surface area contributed by atoms with Crippen molar-refractivity contribution in [3.8, 4) is 5.75 Å². The van der Waals surface area contributed by atoms with Gasteiger partial charge in [-0.2, -0.15) is 30.7 Å². The van der Waals surface area contributed by atoms with Gasteiger partial charge in [0.05, 0.1) is 11.1 Å². The van der Waals surface area contributed by atoms with E-state index in [9.17, 15) is 44.3 Å². The number of nitrogens with one attached hydrogen (secondary N) is 1. The summed E-state index contributed by atoms with van der Waals surface area (Å²) < 4.78 is 127. The van der Waals surface area contributed by atoms with E-state index in [1.54, 1.807) is 30.3 Å². The van der Waals surface area contributed by atoms with E-state index in [1.165, 1.54) is 24.3 Å². The van der Waals surface area contributed by atoms with E-state index in [4.69, 9.17) is 0 Å². The van der Waals surface area contributed by atoms with E-state index in [1.807, 2.05) is 0 Å². The first-order valence-electron chi connectivity index (χ1n) is 12.3. The average molecular weight is 676 g/mol. The minimum Gasteiger partial charge on any atom is -0.428 e. The van der Waals surface area contributed by atoms with Crippen molar-refractivity contribution >= 4 is 21.8 Å². The molecule has 4 rings (SSSR count). The summed E-state index contributed by atoms with van der Waals surface area (Å²) in [5.41, 5.74) is -3.85. The fourth-order valence-electron chi connectivity index (χ4n) is 4.42. The molecule has 0 saturated carbocycles. The molecular formula is C30H19BrF9NO2. The van der Waals surface area contributed by atoms with E-state index >= 15 is 0 Å². The Morgan fingerprint density at radius 3 is 2.07 bits per heavy atom. The van der Waals surface area contributed by atoms with Crippen LogP contribution in [0.1, 0.15) is 32.6 Å². The van der Waals surface area contributed by atoms with Gasteiger partial charge in [0.15, 0.2) is 0 Å². The van der Waals surface area contributed by atoms with Crippen molar-refractivity contribution in [1.82, 2.24) is 5.32 Å². The summed E-state index contributed by atoms with van der Waals surface area (Å²) in [5, 5.41) is 2.58. The molecule has 0 spiro atoms. The maximum atomic E-state index is 14.9. The summed E-state index contributed by atoms with van der Waals surface area (Å²) in [6.45, 7) is 0. The summed E-state index contributed by atoms with van der Waals surface area (Å²) >= 11 is 3.26. The zero-order chi connectivity index (χ0) is 31.6. The molecule has 0 bridgehead atoms. The van der Waals surface area contributed by atoms with Crippen LogP contribution >= 0.6 is 15.9 Å². The van der Waals surface area contributed by atoms with Gasteiger partial charge in [-0.3, -0.25) is 4.79 Å². The first-order valence-corrected chi connectivity index (χ1v) is 13.1. The van der Waals surface area contributed by atoms with Gasteiger partial charge in [-0.05, 0) is 59.2 Å². The molecule has 0 aliphatic carbocycles. The highest BCUT2D eigenvalue weighted by Gasteiger charge is 2.45. The molecule has 1 atom stereocenters. The third kappa shape index (κ3) is 7.32. The highest BCUT2D eigenvalue weighted by atomic mass is 79.9. The molecule has 0 fully saturated rings. The smallest absolute Gasteiger partial charge is 0.428 e. The number of ether oxygens (including phenoxy) is 1. The molecule has 4 aromatic carbocycles. The van der Waals surface area contributed by atoms with Crippen LogP contribution in [0, 0.1) is 11.6 Å². The number of alkyl halides is 7. The third-order valence-corrected chi connectivity index (χ3v) is 6.91. The summed E-state index contributed by atoms with van der Waals surface area (Å²) in [7, 11) is 0. The van der Waals surface area contributed by atoms with Gasteiger partial charge in [0.2, 0.25) is 0 Å². The van der Waals surface area contributed by atoms with Gasteiger partial charge in [-0.25, -0.2) is 8.78 Å². The highest BCUT2D eigenvalue weighted by Crippen LogP contribution is 2.39. The first kappa shape index (κ1) is 31.9. The molecule has 0 aromatic heterocycles.